The van der Waals surface area contributed by atoms with Crippen LogP contribution in [-0.4, -0.2) is 28.0 Å². The Labute approximate surface area is 109 Å². The van der Waals surface area contributed by atoms with Gasteiger partial charge in [-0.25, -0.2) is 9.78 Å². The molecule has 0 saturated heterocycles. The molecule has 0 bridgehead atoms. The number of aryl methyl sites for hydroxylation is 1. The van der Waals surface area contributed by atoms with E-state index in [2.05, 4.69) is 10.3 Å². The number of thiazole rings is 1. The van der Waals surface area contributed by atoms with Crippen molar-refractivity contribution < 1.29 is 14.7 Å². The number of nitrogen functional groups attached to an aromatic ring is 1. The Morgan fingerprint density at radius 1 is 1.56 bits per heavy atom. The van der Waals surface area contributed by atoms with Gasteiger partial charge in [-0.15, -0.1) is 0 Å². The molecule has 0 spiro atoms. The van der Waals surface area contributed by atoms with Crippen LogP contribution >= 0.6 is 11.3 Å². The number of amides is 1. The van der Waals surface area contributed by atoms with Crippen LogP contribution in [0.1, 0.15) is 41.6 Å². The first-order valence-electron chi connectivity index (χ1n) is 5.72. The average molecular weight is 271 g/mol. The zero-order chi connectivity index (χ0) is 13.7. The normalized spacial score (nSPS) is 12.1. The molecule has 1 atom stereocenters. The van der Waals surface area contributed by atoms with Crippen LogP contribution < -0.4 is 11.1 Å². The van der Waals surface area contributed by atoms with Gasteiger partial charge in [0.25, 0.3) is 5.91 Å². The highest BCUT2D eigenvalue weighted by atomic mass is 32.1. The minimum atomic E-state index is -1.02. The number of carbonyl (C=O) groups excluding carboxylic acids is 1. The summed E-state index contributed by atoms with van der Waals surface area (Å²) >= 11 is 1.06. The van der Waals surface area contributed by atoms with E-state index in [-0.39, 0.29) is 0 Å². The summed E-state index contributed by atoms with van der Waals surface area (Å²) in [5, 5.41) is 11.8. The van der Waals surface area contributed by atoms with E-state index in [1.165, 1.54) is 0 Å². The number of carboxylic acid groups (broad SMARTS) is 1. The largest absolute Gasteiger partial charge is 0.480 e. The highest BCUT2D eigenvalue weighted by Crippen LogP contribution is 2.19. The first-order valence-corrected chi connectivity index (χ1v) is 6.54. The number of nitrogens with one attached hydrogen (secondary N) is 1. The summed E-state index contributed by atoms with van der Waals surface area (Å²) in [6, 6.07) is -0.861. The zero-order valence-corrected chi connectivity index (χ0v) is 11.2. The third kappa shape index (κ3) is 3.69. The molecule has 0 aliphatic rings. The first kappa shape index (κ1) is 14.4. The van der Waals surface area contributed by atoms with Crippen LogP contribution in [0.5, 0.6) is 0 Å². The van der Waals surface area contributed by atoms with Crippen molar-refractivity contribution in [3.05, 3.63) is 10.6 Å². The summed E-state index contributed by atoms with van der Waals surface area (Å²) in [5.41, 5.74) is 6.02. The van der Waals surface area contributed by atoms with Crippen molar-refractivity contribution in [2.75, 3.05) is 5.73 Å². The van der Waals surface area contributed by atoms with Gasteiger partial charge in [0.15, 0.2) is 5.13 Å². The van der Waals surface area contributed by atoms with Crippen LogP contribution in [0.3, 0.4) is 0 Å². The van der Waals surface area contributed by atoms with Crippen LogP contribution in [0.25, 0.3) is 0 Å². The number of unbranched alkanes of at least 4 members (excludes halogenated alkanes) is 1. The van der Waals surface area contributed by atoms with Crippen LogP contribution in [-0.2, 0) is 4.79 Å². The van der Waals surface area contributed by atoms with Gasteiger partial charge in [-0.2, -0.15) is 0 Å². The molecule has 100 valence electrons. The number of nitrogens with zero attached hydrogens (tertiary/aromatic N) is 1. The Morgan fingerprint density at radius 3 is 2.67 bits per heavy atom. The number of carbonyl (C=O) groups is 2. The molecule has 0 aliphatic carbocycles. The number of hydrogen-bond donors (Lipinski definition) is 3. The van der Waals surface area contributed by atoms with Crippen molar-refractivity contribution in [3.8, 4) is 0 Å². The van der Waals surface area contributed by atoms with Gasteiger partial charge in [0, 0.05) is 0 Å². The summed E-state index contributed by atoms with van der Waals surface area (Å²) < 4.78 is 0. The third-order valence-electron chi connectivity index (χ3n) is 2.47. The maximum absolute atomic E-state index is 11.9. The summed E-state index contributed by atoms with van der Waals surface area (Å²) in [4.78, 5) is 27.2. The van der Waals surface area contributed by atoms with E-state index in [1.54, 1.807) is 6.92 Å². The highest BCUT2D eigenvalue weighted by molar-refractivity contribution is 7.17. The molecule has 0 saturated carbocycles. The van der Waals surface area contributed by atoms with E-state index >= 15 is 0 Å². The van der Waals surface area contributed by atoms with Crippen molar-refractivity contribution in [2.24, 2.45) is 0 Å². The maximum Gasteiger partial charge on any atom is 0.326 e. The number of aliphatic carboxylic acids is 1. The number of carboxylic acids is 1. The summed E-state index contributed by atoms with van der Waals surface area (Å²) in [5.74, 6) is -1.45. The molecule has 1 heterocycles. The summed E-state index contributed by atoms with van der Waals surface area (Å²) in [6.45, 7) is 3.64. The van der Waals surface area contributed by atoms with Crippen LogP contribution in [0.15, 0.2) is 0 Å². The van der Waals surface area contributed by atoms with E-state index < -0.39 is 17.9 Å². The van der Waals surface area contributed by atoms with Crippen molar-refractivity contribution >= 4 is 28.3 Å². The van der Waals surface area contributed by atoms with Gasteiger partial charge in [0.1, 0.15) is 10.9 Å². The Kier molecular flexibility index (Phi) is 5.08. The van der Waals surface area contributed by atoms with E-state index in [4.69, 9.17) is 10.8 Å². The lowest BCUT2D eigenvalue weighted by atomic mass is 10.1. The smallest absolute Gasteiger partial charge is 0.326 e. The summed E-state index contributed by atoms with van der Waals surface area (Å²) in [6.07, 6.45) is 2.05. The molecule has 1 aromatic rings. The van der Waals surface area contributed by atoms with Crippen molar-refractivity contribution in [1.29, 1.82) is 0 Å². The molecule has 0 radical (unpaired) electrons. The molecule has 0 aliphatic heterocycles. The minimum Gasteiger partial charge on any atom is -0.480 e. The molecule has 0 unspecified atom stereocenters. The van der Waals surface area contributed by atoms with Gasteiger partial charge in [0.05, 0.1) is 5.69 Å². The fourth-order valence-corrected chi connectivity index (χ4v) is 2.25. The molecule has 18 heavy (non-hydrogen) atoms. The van der Waals surface area contributed by atoms with Crippen LogP contribution in [0, 0.1) is 6.92 Å². The molecule has 0 fully saturated rings. The molecule has 0 aromatic carbocycles. The lowest BCUT2D eigenvalue weighted by Gasteiger charge is -2.13. The second-order valence-corrected chi connectivity index (χ2v) is 5.00. The van der Waals surface area contributed by atoms with Crippen molar-refractivity contribution in [2.45, 2.75) is 39.2 Å². The number of aromatic nitrogens is 1. The predicted octanol–water partition coefficient (Wildman–Crippen LogP) is 1.41. The fourth-order valence-electron chi connectivity index (χ4n) is 1.52. The SMILES string of the molecule is CCCC[C@H](NC(=O)c1sc(N)nc1C)C(=O)O. The Hall–Kier alpha value is -1.63. The standard InChI is InChI=1S/C11H17N3O3S/c1-3-4-5-7(10(16)17)14-9(15)8-6(2)13-11(12)18-8/h7H,3-5H2,1-2H3,(H2,12,13)(H,14,15)(H,16,17)/t7-/m0/s1. The van der Waals surface area contributed by atoms with Crippen molar-refractivity contribution in [1.82, 2.24) is 10.3 Å². The van der Waals surface area contributed by atoms with Crippen LogP contribution in [0.2, 0.25) is 0 Å². The molecular weight excluding hydrogens is 254 g/mol. The molecule has 7 heteroatoms. The van der Waals surface area contributed by atoms with Crippen molar-refractivity contribution in [3.63, 3.8) is 0 Å². The lowest BCUT2D eigenvalue weighted by molar-refractivity contribution is -0.139. The number of nitrogens with two attached hydrogens (primary N) is 1. The topological polar surface area (TPSA) is 105 Å². The Morgan fingerprint density at radius 2 is 2.22 bits per heavy atom. The quantitative estimate of drug-likeness (QED) is 0.725. The number of hydrogen-bond acceptors (Lipinski definition) is 5. The molecular formula is C11H17N3O3S. The third-order valence-corrected chi connectivity index (χ3v) is 3.45. The predicted molar refractivity (Wildman–Crippen MR) is 69.7 cm³/mol. The molecule has 1 rings (SSSR count). The lowest BCUT2D eigenvalue weighted by Crippen LogP contribution is -2.40. The van der Waals surface area contributed by atoms with E-state index in [9.17, 15) is 9.59 Å². The fraction of sp³-hybridized carbons (Fsp3) is 0.545. The highest BCUT2D eigenvalue weighted by Gasteiger charge is 2.22. The monoisotopic (exact) mass is 271 g/mol. The Balaban J connectivity index is 2.72. The molecule has 4 N–H and O–H groups in total. The number of rotatable bonds is 6. The minimum absolute atomic E-state index is 0.304. The van der Waals surface area contributed by atoms with Gasteiger partial charge < -0.3 is 16.2 Å². The zero-order valence-electron chi connectivity index (χ0n) is 10.4. The average Bonchev–Trinajstić information content (AvgIpc) is 2.63. The van der Waals surface area contributed by atoms with Gasteiger partial charge in [-0.1, -0.05) is 31.1 Å². The van der Waals surface area contributed by atoms with Gasteiger partial charge in [-0.3, -0.25) is 4.79 Å². The number of anilines is 1. The van der Waals surface area contributed by atoms with Gasteiger partial charge in [-0.05, 0) is 13.3 Å². The summed E-state index contributed by atoms with van der Waals surface area (Å²) in [7, 11) is 0. The van der Waals surface area contributed by atoms with E-state index in [0.717, 1.165) is 24.2 Å². The van der Waals surface area contributed by atoms with E-state index in [1.807, 2.05) is 6.92 Å². The van der Waals surface area contributed by atoms with Gasteiger partial charge in [0.2, 0.25) is 0 Å². The molecule has 1 amide bonds. The first-order chi connectivity index (χ1) is 8.45. The van der Waals surface area contributed by atoms with E-state index in [0.29, 0.717) is 22.1 Å². The second-order valence-electron chi connectivity index (χ2n) is 3.97. The molecule has 6 nitrogen and oxygen atoms in total. The second kappa shape index (κ2) is 6.34. The molecule has 1 aromatic heterocycles. The maximum atomic E-state index is 11.9. The van der Waals surface area contributed by atoms with Crippen LogP contribution in [0.4, 0.5) is 5.13 Å². The Bertz CT molecular complexity index is 445. The van der Waals surface area contributed by atoms with Gasteiger partial charge >= 0.3 is 5.97 Å².